The lowest BCUT2D eigenvalue weighted by molar-refractivity contribution is 0.625. The second-order valence-electron chi connectivity index (χ2n) is 4.31. The molecule has 0 radical (unpaired) electrons. The lowest BCUT2D eigenvalue weighted by Crippen LogP contribution is -1.94. The van der Waals surface area contributed by atoms with E-state index in [2.05, 4.69) is 26.0 Å². The number of rotatable bonds is 3. The van der Waals surface area contributed by atoms with Gasteiger partial charge in [-0.05, 0) is 36.2 Å². The van der Waals surface area contributed by atoms with Crippen molar-refractivity contribution in [3.63, 3.8) is 0 Å². The number of hydrogen-bond donors (Lipinski definition) is 0. The largest absolute Gasteiger partial charge is 0.221 e. The smallest absolute Gasteiger partial charge is 0.156 e. The highest BCUT2D eigenvalue weighted by atomic mass is 79.9. The van der Waals surface area contributed by atoms with E-state index in [0.29, 0.717) is 6.42 Å². The van der Waals surface area contributed by atoms with E-state index in [1.807, 2.05) is 24.4 Å². The van der Waals surface area contributed by atoms with Crippen LogP contribution < -0.4 is 0 Å². The van der Waals surface area contributed by atoms with E-state index in [1.54, 1.807) is 16.6 Å². The number of hydrogen-bond acceptors (Lipinski definition) is 2. The first-order valence-corrected chi connectivity index (χ1v) is 6.75. The maximum Gasteiger partial charge on any atom is 0.156 e. The minimum absolute atomic E-state index is 0.204. The molecule has 0 aliphatic rings. The second-order valence-corrected chi connectivity index (χ2v) is 5.22. The highest BCUT2D eigenvalue weighted by Gasteiger charge is 2.04. The van der Waals surface area contributed by atoms with E-state index in [9.17, 15) is 4.39 Å². The summed E-state index contributed by atoms with van der Waals surface area (Å²) < 4.78 is 15.8. The summed E-state index contributed by atoms with van der Waals surface area (Å²) in [5, 5.41) is 4.38. The molecule has 0 aliphatic carbocycles. The monoisotopic (exact) mass is 319 g/mol. The topological polar surface area (TPSA) is 30.2 Å². The molecule has 0 N–H and O–H groups in total. The van der Waals surface area contributed by atoms with Gasteiger partial charge >= 0.3 is 0 Å². The summed E-state index contributed by atoms with van der Waals surface area (Å²) in [4.78, 5) is 4.44. The Bertz CT molecular complexity index is 724. The molecule has 3 rings (SSSR count). The van der Waals surface area contributed by atoms with E-state index in [4.69, 9.17) is 0 Å². The van der Waals surface area contributed by atoms with Crippen LogP contribution in [0.15, 0.2) is 47.1 Å². The average Bonchev–Trinajstić information content (AvgIpc) is 2.78. The molecule has 3 aromatic rings. The Labute approximate surface area is 118 Å². The zero-order chi connectivity index (χ0) is 13.2. The van der Waals surface area contributed by atoms with Gasteiger partial charge in [0.15, 0.2) is 11.5 Å². The molecule has 0 atom stereocenters. The molecule has 2 heterocycles. The van der Waals surface area contributed by atoms with Crippen molar-refractivity contribution in [1.82, 2.24) is 14.6 Å². The summed E-state index contributed by atoms with van der Waals surface area (Å²) >= 11 is 3.40. The molecular formula is C14H11BrFN3. The molecule has 0 unspecified atom stereocenters. The van der Waals surface area contributed by atoms with Gasteiger partial charge in [0, 0.05) is 17.1 Å². The molecule has 0 spiro atoms. The molecule has 1 aromatic carbocycles. The third-order valence-corrected chi connectivity index (χ3v) is 3.36. The van der Waals surface area contributed by atoms with Crippen LogP contribution in [0.4, 0.5) is 4.39 Å². The van der Waals surface area contributed by atoms with E-state index < -0.39 is 0 Å². The van der Waals surface area contributed by atoms with Crippen LogP contribution in [0.2, 0.25) is 0 Å². The van der Waals surface area contributed by atoms with E-state index in [-0.39, 0.29) is 5.82 Å². The zero-order valence-electron chi connectivity index (χ0n) is 10.1. The maximum absolute atomic E-state index is 13.1. The third-order valence-electron chi connectivity index (χ3n) is 2.87. The van der Waals surface area contributed by atoms with Crippen LogP contribution in [0, 0.1) is 5.82 Å². The van der Waals surface area contributed by atoms with E-state index >= 15 is 0 Å². The van der Waals surface area contributed by atoms with E-state index in [1.165, 1.54) is 6.07 Å². The van der Waals surface area contributed by atoms with Gasteiger partial charge < -0.3 is 0 Å². The molecule has 0 bridgehead atoms. The van der Waals surface area contributed by atoms with Gasteiger partial charge in [-0.25, -0.2) is 13.9 Å². The molecule has 0 aliphatic heterocycles. The third kappa shape index (κ3) is 2.81. The molecule has 0 saturated heterocycles. The lowest BCUT2D eigenvalue weighted by atomic mass is 10.1. The minimum Gasteiger partial charge on any atom is -0.221 e. The fraction of sp³-hybridized carbons (Fsp3) is 0.143. The standard InChI is InChI=1S/C14H11BrFN3/c15-11-6-7-19-14(9-11)17-13(18-19)5-4-10-2-1-3-12(16)8-10/h1-3,6-9H,4-5H2. The Morgan fingerprint density at radius 1 is 1.16 bits per heavy atom. The summed E-state index contributed by atoms with van der Waals surface area (Å²) in [6, 6.07) is 10.5. The molecule has 96 valence electrons. The quantitative estimate of drug-likeness (QED) is 0.740. The number of nitrogens with zero attached hydrogens (tertiary/aromatic N) is 3. The highest BCUT2D eigenvalue weighted by molar-refractivity contribution is 9.10. The number of fused-ring (bicyclic) bond motifs is 1. The summed E-state index contributed by atoms with van der Waals surface area (Å²) in [6.45, 7) is 0. The molecular weight excluding hydrogens is 309 g/mol. The summed E-state index contributed by atoms with van der Waals surface area (Å²) in [5.74, 6) is 0.562. The predicted molar refractivity (Wildman–Crippen MR) is 74.5 cm³/mol. The van der Waals surface area contributed by atoms with Gasteiger partial charge in [0.2, 0.25) is 0 Å². The Hall–Kier alpha value is -1.75. The average molecular weight is 320 g/mol. The van der Waals surface area contributed by atoms with Gasteiger partial charge in [-0.2, -0.15) is 5.10 Å². The van der Waals surface area contributed by atoms with Crippen LogP contribution in [0.25, 0.3) is 5.65 Å². The molecule has 0 amide bonds. The van der Waals surface area contributed by atoms with Crippen LogP contribution in [0.1, 0.15) is 11.4 Å². The fourth-order valence-corrected chi connectivity index (χ4v) is 2.28. The minimum atomic E-state index is -0.204. The van der Waals surface area contributed by atoms with Crippen molar-refractivity contribution >= 4 is 21.6 Å². The Morgan fingerprint density at radius 2 is 2.05 bits per heavy atom. The number of aromatic nitrogens is 3. The number of halogens is 2. The van der Waals surface area contributed by atoms with E-state index in [0.717, 1.165) is 27.9 Å². The SMILES string of the molecule is Fc1cccc(CCc2nc3cc(Br)ccn3n2)c1. The molecule has 5 heteroatoms. The van der Waals surface area contributed by atoms with Crippen molar-refractivity contribution in [2.24, 2.45) is 0 Å². The maximum atomic E-state index is 13.1. The Balaban J connectivity index is 1.78. The normalized spacial score (nSPS) is 11.1. The summed E-state index contributed by atoms with van der Waals surface area (Å²) in [6.07, 6.45) is 3.29. The van der Waals surface area contributed by atoms with Crippen LogP contribution in [-0.4, -0.2) is 14.6 Å². The second kappa shape index (κ2) is 5.09. The van der Waals surface area contributed by atoms with Crippen molar-refractivity contribution in [3.05, 3.63) is 64.3 Å². The van der Waals surface area contributed by atoms with Crippen molar-refractivity contribution in [3.8, 4) is 0 Å². The van der Waals surface area contributed by atoms with Crippen LogP contribution in [-0.2, 0) is 12.8 Å². The Kier molecular flexibility index (Phi) is 3.29. The van der Waals surface area contributed by atoms with Gasteiger partial charge in [0.25, 0.3) is 0 Å². The van der Waals surface area contributed by atoms with Crippen molar-refractivity contribution in [1.29, 1.82) is 0 Å². The lowest BCUT2D eigenvalue weighted by Gasteiger charge is -1.98. The van der Waals surface area contributed by atoms with Crippen LogP contribution in [0.5, 0.6) is 0 Å². The first kappa shape index (κ1) is 12.3. The van der Waals surface area contributed by atoms with Crippen LogP contribution in [0.3, 0.4) is 0 Å². The summed E-state index contributed by atoms with van der Waals surface area (Å²) in [5.41, 5.74) is 1.77. The van der Waals surface area contributed by atoms with Gasteiger partial charge in [-0.3, -0.25) is 0 Å². The Morgan fingerprint density at radius 3 is 2.89 bits per heavy atom. The van der Waals surface area contributed by atoms with Crippen molar-refractivity contribution in [2.45, 2.75) is 12.8 Å². The van der Waals surface area contributed by atoms with Crippen molar-refractivity contribution < 1.29 is 4.39 Å². The van der Waals surface area contributed by atoms with Gasteiger partial charge in [0.05, 0.1) is 0 Å². The first-order chi connectivity index (χ1) is 9.20. The number of benzene rings is 1. The zero-order valence-corrected chi connectivity index (χ0v) is 11.6. The van der Waals surface area contributed by atoms with Crippen molar-refractivity contribution in [2.75, 3.05) is 0 Å². The molecule has 19 heavy (non-hydrogen) atoms. The number of pyridine rings is 1. The molecule has 0 saturated carbocycles. The molecule has 0 fully saturated rings. The molecule has 3 nitrogen and oxygen atoms in total. The fourth-order valence-electron chi connectivity index (χ4n) is 1.96. The van der Waals surface area contributed by atoms with Gasteiger partial charge in [-0.1, -0.05) is 28.1 Å². The molecule has 2 aromatic heterocycles. The van der Waals surface area contributed by atoms with Gasteiger partial charge in [0.1, 0.15) is 5.82 Å². The van der Waals surface area contributed by atoms with Crippen LogP contribution >= 0.6 is 15.9 Å². The van der Waals surface area contributed by atoms with Gasteiger partial charge in [-0.15, -0.1) is 0 Å². The predicted octanol–water partition coefficient (Wildman–Crippen LogP) is 3.42. The number of aryl methyl sites for hydroxylation is 2. The first-order valence-electron chi connectivity index (χ1n) is 5.96. The highest BCUT2D eigenvalue weighted by Crippen LogP contribution is 2.12. The summed E-state index contributed by atoms with van der Waals surface area (Å²) in [7, 11) is 0.